The second-order valence-electron chi connectivity index (χ2n) is 4.98. The highest BCUT2D eigenvalue weighted by Crippen LogP contribution is 2.19. The SMILES string of the molecule is COC1CN(CC2CCCNC2)CC1OC. The van der Waals surface area contributed by atoms with Gasteiger partial charge in [-0.3, -0.25) is 4.90 Å². The van der Waals surface area contributed by atoms with Crippen molar-refractivity contribution in [3.05, 3.63) is 0 Å². The zero-order chi connectivity index (χ0) is 11.4. The Morgan fingerprint density at radius 2 is 1.88 bits per heavy atom. The Hall–Kier alpha value is -0.160. The first-order valence-electron chi connectivity index (χ1n) is 6.32. The van der Waals surface area contributed by atoms with Gasteiger partial charge in [-0.2, -0.15) is 0 Å². The average molecular weight is 228 g/mol. The summed E-state index contributed by atoms with van der Waals surface area (Å²) in [5, 5.41) is 3.47. The predicted molar refractivity (Wildman–Crippen MR) is 63.6 cm³/mol. The number of methoxy groups -OCH3 is 2. The van der Waals surface area contributed by atoms with Gasteiger partial charge in [0.05, 0.1) is 12.2 Å². The minimum absolute atomic E-state index is 0.251. The van der Waals surface area contributed by atoms with Crippen molar-refractivity contribution in [1.82, 2.24) is 10.2 Å². The largest absolute Gasteiger partial charge is 0.377 e. The molecule has 2 saturated heterocycles. The van der Waals surface area contributed by atoms with Crippen molar-refractivity contribution in [2.24, 2.45) is 5.92 Å². The van der Waals surface area contributed by atoms with E-state index in [-0.39, 0.29) is 12.2 Å². The molecule has 3 unspecified atom stereocenters. The Labute approximate surface area is 98.3 Å². The second kappa shape index (κ2) is 5.96. The third kappa shape index (κ3) is 2.94. The van der Waals surface area contributed by atoms with Crippen LogP contribution in [0.15, 0.2) is 0 Å². The van der Waals surface area contributed by atoms with Gasteiger partial charge in [0.1, 0.15) is 0 Å². The molecule has 2 heterocycles. The zero-order valence-corrected chi connectivity index (χ0v) is 10.4. The van der Waals surface area contributed by atoms with Crippen molar-refractivity contribution in [3.8, 4) is 0 Å². The van der Waals surface area contributed by atoms with E-state index in [0.717, 1.165) is 19.0 Å². The molecule has 0 saturated carbocycles. The molecule has 94 valence electrons. The van der Waals surface area contributed by atoms with E-state index in [2.05, 4.69) is 10.2 Å². The maximum absolute atomic E-state index is 5.45. The number of hydrogen-bond acceptors (Lipinski definition) is 4. The number of hydrogen-bond donors (Lipinski definition) is 1. The van der Waals surface area contributed by atoms with Crippen LogP contribution in [0, 0.1) is 5.92 Å². The molecule has 0 aromatic carbocycles. The summed E-state index contributed by atoms with van der Waals surface area (Å²) in [6, 6.07) is 0. The molecule has 0 amide bonds. The van der Waals surface area contributed by atoms with Crippen LogP contribution in [0.4, 0.5) is 0 Å². The monoisotopic (exact) mass is 228 g/mol. The summed E-state index contributed by atoms with van der Waals surface area (Å²) in [6.07, 6.45) is 3.18. The summed E-state index contributed by atoms with van der Waals surface area (Å²) < 4.78 is 10.9. The molecule has 0 radical (unpaired) electrons. The molecule has 4 nitrogen and oxygen atoms in total. The molecule has 0 aromatic heterocycles. The molecule has 4 heteroatoms. The van der Waals surface area contributed by atoms with Crippen LogP contribution in [0.3, 0.4) is 0 Å². The van der Waals surface area contributed by atoms with E-state index in [1.807, 2.05) is 0 Å². The van der Waals surface area contributed by atoms with Crippen molar-refractivity contribution in [3.63, 3.8) is 0 Å². The summed E-state index contributed by atoms with van der Waals surface area (Å²) in [4.78, 5) is 2.49. The van der Waals surface area contributed by atoms with Gasteiger partial charge < -0.3 is 14.8 Å². The number of piperidine rings is 1. The highest BCUT2D eigenvalue weighted by molar-refractivity contribution is 4.87. The van der Waals surface area contributed by atoms with E-state index in [1.54, 1.807) is 14.2 Å². The van der Waals surface area contributed by atoms with Crippen LogP contribution >= 0.6 is 0 Å². The van der Waals surface area contributed by atoms with E-state index in [4.69, 9.17) is 9.47 Å². The summed E-state index contributed by atoms with van der Waals surface area (Å²) in [7, 11) is 3.56. The minimum Gasteiger partial charge on any atom is -0.377 e. The lowest BCUT2D eigenvalue weighted by Gasteiger charge is -2.27. The molecule has 3 atom stereocenters. The van der Waals surface area contributed by atoms with Gasteiger partial charge in [-0.25, -0.2) is 0 Å². The standard InChI is InChI=1S/C12H24N2O2/c1-15-11-8-14(9-12(11)16-2)7-10-4-3-5-13-6-10/h10-13H,3-9H2,1-2H3. The summed E-state index contributed by atoms with van der Waals surface area (Å²) in [5.74, 6) is 0.807. The quantitative estimate of drug-likeness (QED) is 0.752. The number of nitrogens with one attached hydrogen (secondary N) is 1. The molecule has 2 aliphatic heterocycles. The Balaban J connectivity index is 1.78. The van der Waals surface area contributed by atoms with Crippen LogP contribution in [0.1, 0.15) is 12.8 Å². The molecule has 0 spiro atoms. The number of ether oxygens (including phenoxy) is 2. The van der Waals surface area contributed by atoms with Crippen LogP contribution in [-0.4, -0.2) is 64.1 Å². The average Bonchev–Trinajstić information content (AvgIpc) is 2.72. The number of nitrogens with zero attached hydrogens (tertiary/aromatic N) is 1. The third-order valence-electron chi connectivity index (χ3n) is 3.81. The Morgan fingerprint density at radius 1 is 1.19 bits per heavy atom. The highest BCUT2D eigenvalue weighted by atomic mass is 16.5. The fourth-order valence-electron chi connectivity index (χ4n) is 2.87. The lowest BCUT2D eigenvalue weighted by Crippen LogP contribution is -2.38. The number of rotatable bonds is 4. The summed E-state index contributed by atoms with van der Waals surface area (Å²) in [6.45, 7) is 5.59. The lowest BCUT2D eigenvalue weighted by atomic mass is 9.99. The molecular formula is C12H24N2O2. The first-order valence-corrected chi connectivity index (χ1v) is 6.32. The fraction of sp³-hybridized carbons (Fsp3) is 1.00. The molecule has 0 aliphatic carbocycles. The van der Waals surface area contributed by atoms with Crippen LogP contribution in [-0.2, 0) is 9.47 Å². The summed E-state index contributed by atoms with van der Waals surface area (Å²) in [5.41, 5.74) is 0. The van der Waals surface area contributed by atoms with E-state index in [0.29, 0.717) is 0 Å². The first-order chi connectivity index (χ1) is 7.83. The normalized spacial score (nSPS) is 36.8. The van der Waals surface area contributed by atoms with Crippen molar-refractivity contribution in [1.29, 1.82) is 0 Å². The highest BCUT2D eigenvalue weighted by Gasteiger charge is 2.33. The van der Waals surface area contributed by atoms with Crippen molar-refractivity contribution in [2.75, 3.05) is 46.9 Å². The molecule has 0 bridgehead atoms. The van der Waals surface area contributed by atoms with Gasteiger partial charge in [0.15, 0.2) is 0 Å². The Morgan fingerprint density at radius 3 is 2.38 bits per heavy atom. The smallest absolute Gasteiger partial charge is 0.0971 e. The predicted octanol–water partition coefficient (Wildman–Crippen LogP) is 0.332. The van der Waals surface area contributed by atoms with Crippen LogP contribution in [0.25, 0.3) is 0 Å². The van der Waals surface area contributed by atoms with Gasteiger partial charge in [0, 0.05) is 33.9 Å². The molecule has 0 aromatic rings. The van der Waals surface area contributed by atoms with Gasteiger partial charge in [0.2, 0.25) is 0 Å². The minimum atomic E-state index is 0.251. The first kappa shape index (κ1) is 12.3. The van der Waals surface area contributed by atoms with Gasteiger partial charge in [-0.05, 0) is 31.8 Å². The molecular weight excluding hydrogens is 204 g/mol. The Kier molecular flexibility index (Phi) is 4.58. The van der Waals surface area contributed by atoms with Crippen molar-refractivity contribution in [2.45, 2.75) is 25.0 Å². The maximum Gasteiger partial charge on any atom is 0.0971 e. The molecule has 2 aliphatic rings. The van der Waals surface area contributed by atoms with Crippen LogP contribution in [0.2, 0.25) is 0 Å². The summed E-state index contributed by atoms with van der Waals surface area (Å²) >= 11 is 0. The van der Waals surface area contributed by atoms with Gasteiger partial charge in [0.25, 0.3) is 0 Å². The molecule has 16 heavy (non-hydrogen) atoms. The van der Waals surface area contributed by atoms with Crippen LogP contribution in [0.5, 0.6) is 0 Å². The fourth-order valence-corrected chi connectivity index (χ4v) is 2.87. The van der Waals surface area contributed by atoms with E-state index >= 15 is 0 Å². The van der Waals surface area contributed by atoms with E-state index < -0.39 is 0 Å². The topological polar surface area (TPSA) is 33.7 Å². The molecule has 2 fully saturated rings. The Bertz CT molecular complexity index is 195. The number of likely N-dealkylation sites (tertiary alicyclic amines) is 1. The molecule has 1 N–H and O–H groups in total. The zero-order valence-electron chi connectivity index (χ0n) is 10.4. The van der Waals surface area contributed by atoms with Crippen LogP contribution < -0.4 is 5.32 Å². The van der Waals surface area contributed by atoms with Gasteiger partial charge in [-0.1, -0.05) is 0 Å². The van der Waals surface area contributed by atoms with E-state index in [9.17, 15) is 0 Å². The third-order valence-corrected chi connectivity index (χ3v) is 3.81. The second-order valence-corrected chi connectivity index (χ2v) is 4.98. The van der Waals surface area contributed by atoms with Crippen molar-refractivity contribution >= 4 is 0 Å². The maximum atomic E-state index is 5.45. The lowest BCUT2D eigenvalue weighted by molar-refractivity contribution is -0.00461. The molecule has 2 rings (SSSR count). The van der Waals surface area contributed by atoms with Gasteiger partial charge in [-0.15, -0.1) is 0 Å². The van der Waals surface area contributed by atoms with Crippen molar-refractivity contribution < 1.29 is 9.47 Å². The van der Waals surface area contributed by atoms with E-state index in [1.165, 1.54) is 32.5 Å². The van der Waals surface area contributed by atoms with Gasteiger partial charge >= 0.3 is 0 Å².